The maximum Gasteiger partial charge on any atom is 0.322 e. The first-order chi connectivity index (χ1) is 6.76. The molecule has 0 aliphatic carbocycles. The topological polar surface area (TPSA) is 38.3 Å². The number of ether oxygens (including phenoxy) is 1. The van der Waals surface area contributed by atoms with Gasteiger partial charge < -0.3 is 10.1 Å². The standard InChI is InChI=1S/C10H21NO2S/c1-4-5-7-14-8-6-9(11-2)10(12)13-3/h9,11H,4-8H2,1-3H3. The highest BCUT2D eigenvalue weighted by Gasteiger charge is 2.15. The molecule has 0 heterocycles. The maximum atomic E-state index is 11.2. The Morgan fingerprint density at radius 2 is 2.21 bits per heavy atom. The van der Waals surface area contributed by atoms with Gasteiger partial charge >= 0.3 is 5.97 Å². The van der Waals surface area contributed by atoms with Crippen molar-refractivity contribution in [1.29, 1.82) is 0 Å². The van der Waals surface area contributed by atoms with Gasteiger partial charge in [0.05, 0.1) is 7.11 Å². The molecule has 0 radical (unpaired) electrons. The van der Waals surface area contributed by atoms with E-state index in [2.05, 4.69) is 17.0 Å². The summed E-state index contributed by atoms with van der Waals surface area (Å²) in [5, 5.41) is 2.96. The number of unbranched alkanes of at least 4 members (excludes halogenated alkanes) is 1. The fourth-order valence-corrected chi connectivity index (χ4v) is 2.17. The first kappa shape index (κ1) is 13.8. The van der Waals surface area contributed by atoms with Gasteiger partial charge in [-0.25, -0.2) is 0 Å². The summed E-state index contributed by atoms with van der Waals surface area (Å²) < 4.78 is 4.67. The average Bonchev–Trinajstić information content (AvgIpc) is 2.22. The fraction of sp³-hybridized carbons (Fsp3) is 0.900. The number of likely N-dealkylation sites (N-methyl/N-ethyl adjacent to an activating group) is 1. The van der Waals surface area contributed by atoms with Crippen LogP contribution in [0.4, 0.5) is 0 Å². The molecule has 0 aromatic carbocycles. The maximum absolute atomic E-state index is 11.2. The van der Waals surface area contributed by atoms with Crippen molar-refractivity contribution in [2.24, 2.45) is 0 Å². The molecule has 0 aliphatic rings. The second-order valence-electron chi connectivity index (χ2n) is 3.12. The van der Waals surface area contributed by atoms with Gasteiger partial charge in [-0.3, -0.25) is 4.79 Å². The number of hydrogen-bond acceptors (Lipinski definition) is 4. The SMILES string of the molecule is CCCCSCCC(NC)C(=O)OC. The molecule has 0 spiro atoms. The Morgan fingerprint density at radius 3 is 2.71 bits per heavy atom. The summed E-state index contributed by atoms with van der Waals surface area (Å²) in [6.45, 7) is 2.19. The number of carbonyl (C=O) groups excluding carboxylic acids is 1. The first-order valence-corrected chi connectivity index (χ1v) is 6.24. The van der Waals surface area contributed by atoms with Crippen LogP contribution in [0.15, 0.2) is 0 Å². The molecular weight excluding hydrogens is 198 g/mol. The van der Waals surface area contributed by atoms with Crippen LogP contribution >= 0.6 is 11.8 Å². The predicted octanol–water partition coefficient (Wildman–Crippen LogP) is 1.67. The van der Waals surface area contributed by atoms with Crippen molar-refractivity contribution in [1.82, 2.24) is 5.32 Å². The van der Waals surface area contributed by atoms with E-state index in [9.17, 15) is 4.79 Å². The molecule has 0 saturated heterocycles. The molecule has 0 fully saturated rings. The third-order valence-corrected chi connectivity index (χ3v) is 3.13. The Hall–Kier alpha value is -0.220. The highest BCUT2D eigenvalue weighted by molar-refractivity contribution is 7.99. The Balaban J connectivity index is 3.48. The largest absolute Gasteiger partial charge is 0.468 e. The molecule has 1 atom stereocenters. The third-order valence-electron chi connectivity index (χ3n) is 2.03. The molecular formula is C10H21NO2S. The summed E-state index contributed by atoms with van der Waals surface area (Å²) >= 11 is 1.90. The average molecular weight is 219 g/mol. The number of carbonyl (C=O) groups is 1. The summed E-state index contributed by atoms with van der Waals surface area (Å²) in [6.07, 6.45) is 3.34. The summed E-state index contributed by atoms with van der Waals surface area (Å²) in [5.74, 6) is 2.04. The molecule has 14 heavy (non-hydrogen) atoms. The Labute approximate surface area is 91.0 Å². The molecule has 0 aliphatic heterocycles. The molecule has 3 nitrogen and oxygen atoms in total. The smallest absolute Gasteiger partial charge is 0.322 e. The van der Waals surface area contributed by atoms with E-state index in [4.69, 9.17) is 0 Å². The molecule has 0 amide bonds. The number of esters is 1. The molecule has 0 bridgehead atoms. The normalized spacial score (nSPS) is 12.5. The zero-order chi connectivity index (χ0) is 10.8. The van der Waals surface area contributed by atoms with E-state index in [1.807, 2.05) is 11.8 Å². The number of nitrogens with one attached hydrogen (secondary N) is 1. The first-order valence-electron chi connectivity index (χ1n) is 5.09. The number of thioether (sulfide) groups is 1. The minimum absolute atomic E-state index is 0.144. The van der Waals surface area contributed by atoms with Crippen LogP contribution in [-0.4, -0.2) is 37.7 Å². The molecule has 84 valence electrons. The number of rotatable bonds is 8. The van der Waals surface area contributed by atoms with Crippen LogP contribution in [0.25, 0.3) is 0 Å². The second-order valence-corrected chi connectivity index (χ2v) is 4.34. The van der Waals surface area contributed by atoms with E-state index in [1.54, 1.807) is 7.05 Å². The fourth-order valence-electron chi connectivity index (χ4n) is 1.07. The van der Waals surface area contributed by atoms with Gasteiger partial charge in [0.15, 0.2) is 0 Å². The lowest BCUT2D eigenvalue weighted by Crippen LogP contribution is -2.35. The second kappa shape index (κ2) is 9.34. The lowest BCUT2D eigenvalue weighted by molar-refractivity contribution is -0.143. The van der Waals surface area contributed by atoms with Gasteiger partial charge in [-0.2, -0.15) is 11.8 Å². The van der Waals surface area contributed by atoms with E-state index in [1.165, 1.54) is 25.7 Å². The van der Waals surface area contributed by atoms with Gasteiger partial charge in [0.2, 0.25) is 0 Å². The van der Waals surface area contributed by atoms with Crippen LogP contribution in [0.2, 0.25) is 0 Å². The van der Waals surface area contributed by atoms with Crippen molar-refractivity contribution in [3.8, 4) is 0 Å². The van der Waals surface area contributed by atoms with Gasteiger partial charge in [-0.15, -0.1) is 0 Å². The zero-order valence-corrected chi connectivity index (χ0v) is 10.2. The van der Waals surface area contributed by atoms with Gasteiger partial charge in [-0.1, -0.05) is 13.3 Å². The van der Waals surface area contributed by atoms with Crippen molar-refractivity contribution in [2.45, 2.75) is 32.2 Å². The summed E-state index contributed by atoms with van der Waals surface area (Å²) in [7, 11) is 3.22. The van der Waals surface area contributed by atoms with Crippen molar-refractivity contribution in [3.05, 3.63) is 0 Å². The van der Waals surface area contributed by atoms with E-state index in [0.717, 1.165) is 12.2 Å². The van der Waals surface area contributed by atoms with Gasteiger partial charge in [0.25, 0.3) is 0 Å². The van der Waals surface area contributed by atoms with Crippen LogP contribution in [-0.2, 0) is 9.53 Å². The van der Waals surface area contributed by atoms with Gasteiger partial charge in [0, 0.05) is 0 Å². The minimum Gasteiger partial charge on any atom is -0.468 e. The van der Waals surface area contributed by atoms with Crippen LogP contribution in [0, 0.1) is 0 Å². The molecule has 0 saturated carbocycles. The minimum atomic E-state index is -0.163. The summed E-state index contributed by atoms with van der Waals surface area (Å²) in [6, 6.07) is -0.144. The van der Waals surface area contributed by atoms with Crippen molar-refractivity contribution >= 4 is 17.7 Å². The van der Waals surface area contributed by atoms with E-state index in [-0.39, 0.29) is 12.0 Å². The van der Waals surface area contributed by atoms with Crippen molar-refractivity contribution < 1.29 is 9.53 Å². The van der Waals surface area contributed by atoms with Crippen LogP contribution in [0.5, 0.6) is 0 Å². The summed E-state index contributed by atoms with van der Waals surface area (Å²) in [5.41, 5.74) is 0. The van der Waals surface area contributed by atoms with Gasteiger partial charge in [-0.05, 0) is 31.4 Å². The quantitative estimate of drug-likeness (QED) is 0.498. The van der Waals surface area contributed by atoms with E-state index < -0.39 is 0 Å². The Kier molecular flexibility index (Phi) is 9.19. The van der Waals surface area contributed by atoms with Crippen LogP contribution < -0.4 is 5.32 Å². The Bertz CT molecular complexity index is 153. The number of hydrogen-bond donors (Lipinski definition) is 1. The molecule has 0 aromatic heterocycles. The zero-order valence-electron chi connectivity index (χ0n) is 9.34. The van der Waals surface area contributed by atoms with Gasteiger partial charge in [0.1, 0.15) is 6.04 Å². The third kappa shape index (κ3) is 6.27. The lowest BCUT2D eigenvalue weighted by Gasteiger charge is -2.12. The molecule has 0 aromatic rings. The van der Waals surface area contributed by atoms with Crippen LogP contribution in [0.3, 0.4) is 0 Å². The summed E-state index contributed by atoms with van der Waals surface area (Å²) in [4.78, 5) is 11.2. The molecule has 1 N–H and O–H groups in total. The molecule has 0 rings (SSSR count). The highest BCUT2D eigenvalue weighted by Crippen LogP contribution is 2.08. The predicted molar refractivity (Wildman–Crippen MR) is 61.7 cm³/mol. The van der Waals surface area contributed by atoms with E-state index >= 15 is 0 Å². The molecule has 4 heteroatoms. The van der Waals surface area contributed by atoms with Crippen LogP contribution in [0.1, 0.15) is 26.2 Å². The Morgan fingerprint density at radius 1 is 1.50 bits per heavy atom. The lowest BCUT2D eigenvalue weighted by atomic mass is 10.2. The van der Waals surface area contributed by atoms with Crippen molar-refractivity contribution in [3.63, 3.8) is 0 Å². The van der Waals surface area contributed by atoms with E-state index in [0.29, 0.717) is 0 Å². The number of methoxy groups -OCH3 is 1. The molecule has 1 unspecified atom stereocenters. The highest BCUT2D eigenvalue weighted by atomic mass is 32.2. The van der Waals surface area contributed by atoms with Crippen molar-refractivity contribution in [2.75, 3.05) is 25.7 Å². The monoisotopic (exact) mass is 219 g/mol.